The summed E-state index contributed by atoms with van der Waals surface area (Å²) in [5, 5.41) is 1.67. The molecule has 2 rings (SSSR count). The maximum atomic E-state index is 10.8. The molecule has 3 heteroatoms. The Morgan fingerprint density at radius 1 is 1.38 bits per heavy atom. The van der Waals surface area contributed by atoms with E-state index in [4.69, 9.17) is 0 Å². The predicted molar refractivity (Wildman–Crippen MR) is 56.3 cm³/mol. The zero-order chi connectivity index (χ0) is 9.26. The largest absolute Gasteiger partial charge is 0.357 e. The minimum absolute atomic E-state index is 0.676. The molecule has 0 fully saturated rings. The van der Waals surface area contributed by atoms with Crippen molar-refractivity contribution in [1.82, 2.24) is 4.98 Å². The van der Waals surface area contributed by atoms with Gasteiger partial charge < -0.3 is 4.98 Å². The van der Waals surface area contributed by atoms with Gasteiger partial charge in [0.2, 0.25) is 0 Å². The number of benzene rings is 1. The number of H-pyrrole nitrogens is 1. The Bertz CT molecular complexity index is 447. The third kappa shape index (κ3) is 1.29. The maximum Gasteiger partial charge on any atom is 0.152 e. The van der Waals surface area contributed by atoms with Gasteiger partial charge in [-0.15, -0.1) is 0 Å². The third-order valence-corrected chi connectivity index (χ3v) is 2.64. The summed E-state index contributed by atoms with van der Waals surface area (Å²) >= 11 is 3.34. The van der Waals surface area contributed by atoms with Gasteiger partial charge >= 0.3 is 0 Å². The van der Waals surface area contributed by atoms with Crippen molar-refractivity contribution in [3.05, 3.63) is 35.5 Å². The molecule has 0 spiro atoms. The highest BCUT2D eigenvalue weighted by Gasteiger charge is 2.07. The summed E-state index contributed by atoms with van der Waals surface area (Å²) in [4.78, 5) is 14.0. The van der Waals surface area contributed by atoms with Crippen LogP contribution in [0.5, 0.6) is 0 Å². The van der Waals surface area contributed by atoms with Gasteiger partial charge in [0.25, 0.3) is 0 Å². The molecule has 0 bridgehead atoms. The van der Waals surface area contributed by atoms with Crippen molar-refractivity contribution in [1.29, 1.82) is 0 Å². The fourth-order valence-electron chi connectivity index (χ4n) is 1.46. The summed E-state index contributed by atoms with van der Waals surface area (Å²) in [6, 6.07) is 7.79. The maximum absolute atomic E-state index is 10.8. The Morgan fingerprint density at radius 3 is 2.85 bits per heavy atom. The molecule has 0 aliphatic rings. The van der Waals surface area contributed by atoms with E-state index in [2.05, 4.69) is 20.9 Å². The molecule has 1 aromatic heterocycles. The minimum Gasteiger partial charge on any atom is -0.357 e. The molecule has 13 heavy (non-hydrogen) atoms. The van der Waals surface area contributed by atoms with Crippen LogP contribution in [-0.2, 0) is 5.33 Å². The second-order valence-corrected chi connectivity index (χ2v) is 3.38. The standard InChI is InChI=1S/C10H8BrNO/c11-5-10-8(6-13)7-3-1-2-4-9(7)12-10/h1-4,6,12H,5H2. The molecule has 0 saturated carbocycles. The highest BCUT2D eigenvalue weighted by Crippen LogP contribution is 2.21. The van der Waals surface area contributed by atoms with Gasteiger partial charge in [0.05, 0.1) is 0 Å². The highest BCUT2D eigenvalue weighted by atomic mass is 79.9. The van der Waals surface area contributed by atoms with E-state index in [1.807, 2.05) is 24.3 Å². The van der Waals surface area contributed by atoms with Crippen molar-refractivity contribution in [2.45, 2.75) is 5.33 Å². The number of fused-ring (bicyclic) bond motifs is 1. The summed E-state index contributed by atoms with van der Waals surface area (Å²) in [5.41, 5.74) is 2.71. The van der Waals surface area contributed by atoms with Crippen molar-refractivity contribution in [3.8, 4) is 0 Å². The zero-order valence-corrected chi connectivity index (χ0v) is 8.47. The first-order valence-corrected chi connectivity index (χ1v) is 5.09. The Hall–Kier alpha value is -1.09. The normalized spacial score (nSPS) is 10.5. The van der Waals surface area contributed by atoms with Gasteiger partial charge in [0.1, 0.15) is 0 Å². The lowest BCUT2D eigenvalue weighted by Crippen LogP contribution is -1.83. The molecule has 0 aliphatic heterocycles. The highest BCUT2D eigenvalue weighted by molar-refractivity contribution is 9.08. The summed E-state index contributed by atoms with van der Waals surface area (Å²) < 4.78 is 0. The van der Waals surface area contributed by atoms with Crippen LogP contribution in [0.25, 0.3) is 10.9 Å². The first kappa shape index (κ1) is 8.51. The number of alkyl halides is 1. The Morgan fingerprint density at radius 2 is 2.15 bits per heavy atom. The lowest BCUT2D eigenvalue weighted by molar-refractivity contribution is 0.112. The summed E-state index contributed by atoms with van der Waals surface area (Å²) in [5.74, 6) is 0. The fraction of sp³-hybridized carbons (Fsp3) is 0.100. The molecule has 0 saturated heterocycles. The molecule has 1 N–H and O–H groups in total. The van der Waals surface area contributed by atoms with Crippen LogP contribution in [-0.4, -0.2) is 11.3 Å². The number of hydrogen-bond donors (Lipinski definition) is 1. The molecule has 0 amide bonds. The van der Waals surface area contributed by atoms with Gasteiger partial charge in [0.15, 0.2) is 6.29 Å². The van der Waals surface area contributed by atoms with Crippen LogP contribution >= 0.6 is 15.9 Å². The second kappa shape index (κ2) is 3.34. The lowest BCUT2D eigenvalue weighted by atomic mass is 10.1. The van der Waals surface area contributed by atoms with Gasteiger partial charge in [-0.1, -0.05) is 34.1 Å². The average Bonchev–Trinajstić information content (AvgIpc) is 2.55. The summed E-state index contributed by atoms with van der Waals surface area (Å²) in [7, 11) is 0. The first-order chi connectivity index (χ1) is 6.36. The molecule has 0 unspecified atom stereocenters. The van der Waals surface area contributed by atoms with Crippen molar-refractivity contribution in [3.63, 3.8) is 0 Å². The lowest BCUT2D eigenvalue weighted by Gasteiger charge is -1.89. The number of halogens is 1. The zero-order valence-electron chi connectivity index (χ0n) is 6.88. The third-order valence-electron chi connectivity index (χ3n) is 2.08. The van der Waals surface area contributed by atoms with E-state index in [9.17, 15) is 4.79 Å². The monoisotopic (exact) mass is 237 g/mol. The van der Waals surface area contributed by atoms with Crippen molar-refractivity contribution in [2.75, 3.05) is 0 Å². The molecular weight excluding hydrogens is 230 g/mol. The van der Waals surface area contributed by atoms with E-state index in [1.165, 1.54) is 0 Å². The van der Waals surface area contributed by atoms with Crippen LogP contribution < -0.4 is 0 Å². The van der Waals surface area contributed by atoms with E-state index < -0.39 is 0 Å². The van der Waals surface area contributed by atoms with Gasteiger partial charge in [-0.3, -0.25) is 4.79 Å². The van der Waals surface area contributed by atoms with E-state index >= 15 is 0 Å². The SMILES string of the molecule is O=Cc1c(CBr)[nH]c2ccccc12. The number of aldehydes is 1. The van der Waals surface area contributed by atoms with Gasteiger partial charge in [-0.2, -0.15) is 0 Å². The van der Waals surface area contributed by atoms with E-state index in [0.717, 1.165) is 28.4 Å². The van der Waals surface area contributed by atoms with Crippen LogP contribution in [0.4, 0.5) is 0 Å². The minimum atomic E-state index is 0.676. The molecular formula is C10H8BrNO. The number of nitrogens with one attached hydrogen (secondary N) is 1. The Kier molecular flexibility index (Phi) is 2.19. The number of carbonyl (C=O) groups excluding carboxylic acids is 1. The van der Waals surface area contributed by atoms with Crippen molar-refractivity contribution < 1.29 is 4.79 Å². The van der Waals surface area contributed by atoms with Crippen LogP contribution in [0.3, 0.4) is 0 Å². The molecule has 1 heterocycles. The van der Waals surface area contributed by atoms with Crippen molar-refractivity contribution in [2.24, 2.45) is 0 Å². The molecule has 2 nitrogen and oxygen atoms in total. The smallest absolute Gasteiger partial charge is 0.152 e. The van der Waals surface area contributed by atoms with Crippen LogP contribution in [0.1, 0.15) is 16.1 Å². The van der Waals surface area contributed by atoms with Gasteiger partial charge in [-0.25, -0.2) is 0 Å². The topological polar surface area (TPSA) is 32.9 Å². The molecule has 0 radical (unpaired) electrons. The van der Waals surface area contributed by atoms with Crippen LogP contribution in [0.2, 0.25) is 0 Å². The van der Waals surface area contributed by atoms with E-state index in [1.54, 1.807) is 0 Å². The molecule has 0 atom stereocenters. The Labute approximate surface area is 84.1 Å². The Balaban J connectivity index is 2.81. The first-order valence-electron chi connectivity index (χ1n) is 3.97. The van der Waals surface area contributed by atoms with E-state index in [0.29, 0.717) is 5.33 Å². The fourth-order valence-corrected chi connectivity index (χ4v) is 1.90. The summed E-state index contributed by atoms with van der Waals surface area (Å²) in [6.07, 6.45) is 0.898. The number of para-hydroxylation sites is 1. The number of rotatable bonds is 2. The molecule has 2 aromatic rings. The quantitative estimate of drug-likeness (QED) is 0.633. The number of aromatic amines is 1. The number of hydrogen-bond acceptors (Lipinski definition) is 1. The number of carbonyl (C=O) groups is 1. The van der Waals surface area contributed by atoms with E-state index in [-0.39, 0.29) is 0 Å². The van der Waals surface area contributed by atoms with Crippen molar-refractivity contribution >= 4 is 33.1 Å². The van der Waals surface area contributed by atoms with Gasteiger partial charge in [0, 0.05) is 27.5 Å². The predicted octanol–water partition coefficient (Wildman–Crippen LogP) is 2.88. The van der Waals surface area contributed by atoms with Crippen LogP contribution in [0.15, 0.2) is 24.3 Å². The second-order valence-electron chi connectivity index (χ2n) is 2.81. The van der Waals surface area contributed by atoms with Crippen LogP contribution in [0, 0.1) is 0 Å². The molecule has 0 aliphatic carbocycles. The molecule has 66 valence electrons. The van der Waals surface area contributed by atoms with Gasteiger partial charge in [-0.05, 0) is 6.07 Å². The summed E-state index contributed by atoms with van der Waals surface area (Å²) in [6.45, 7) is 0. The molecule has 1 aromatic carbocycles. The average molecular weight is 238 g/mol. The number of aromatic nitrogens is 1.